The Hall–Kier alpha value is -1.47. The Morgan fingerprint density at radius 1 is 1.43 bits per heavy atom. The summed E-state index contributed by atoms with van der Waals surface area (Å²) < 4.78 is 23.1. The van der Waals surface area contributed by atoms with Gasteiger partial charge in [-0.05, 0) is 37.8 Å². The molecular weight excluding hydrogens is 292 g/mol. The molecule has 1 aliphatic carbocycles. The smallest absolute Gasteiger partial charge is 0.273 e. The van der Waals surface area contributed by atoms with E-state index in [9.17, 15) is 18.5 Å². The van der Waals surface area contributed by atoms with E-state index in [4.69, 9.17) is 0 Å². The minimum Gasteiger partial charge on any atom is -0.314 e. The zero-order chi connectivity index (χ0) is 15.6. The average Bonchev–Trinajstić information content (AvgIpc) is 3.21. The Balaban J connectivity index is 2.32. The van der Waals surface area contributed by atoms with Crippen LogP contribution in [0.4, 0.5) is 5.69 Å². The second-order valence-electron chi connectivity index (χ2n) is 5.53. The quantitative estimate of drug-likeness (QED) is 0.614. The van der Waals surface area contributed by atoms with Crippen LogP contribution >= 0.6 is 0 Å². The molecule has 2 rings (SSSR count). The molecule has 1 aliphatic rings. The highest BCUT2D eigenvalue weighted by molar-refractivity contribution is 7.90. The molecule has 1 fully saturated rings. The molecule has 0 aromatic heterocycles. The molecule has 0 spiro atoms. The van der Waals surface area contributed by atoms with Crippen molar-refractivity contribution in [2.24, 2.45) is 5.92 Å². The molecule has 116 valence electrons. The first-order valence-electron chi connectivity index (χ1n) is 7.03. The lowest BCUT2D eigenvalue weighted by atomic mass is 10.0. The van der Waals surface area contributed by atoms with Gasteiger partial charge in [0.15, 0.2) is 9.84 Å². The van der Waals surface area contributed by atoms with Crippen molar-refractivity contribution in [2.45, 2.75) is 37.1 Å². The van der Waals surface area contributed by atoms with Gasteiger partial charge >= 0.3 is 0 Å². The maximum Gasteiger partial charge on any atom is 0.273 e. The Labute approximate surface area is 124 Å². The van der Waals surface area contributed by atoms with Gasteiger partial charge in [-0.2, -0.15) is 0 Å². The van der Waals surface area contributed by atoms with E-state index in [1.54, 1.807) is 6.07 Å². The highest BCUT2D eigenvalue weighted by atomic mass is 32.2. The normalized spacial score (nSPS) is 16.7. The Kier molecular flexibility index (Phi) is 4.63. The summed E-state index contributed by atoms with van der Waals surface area (Å²) in [5.41, 5.74) is 0.478. The number of likely N-dealkylation sites (N-methyl/N-ethyl adjacent to an activating group) is 1. The number of rotatable bonds is 7. The average molecular weight is 312 g/mol. The third-order valence-corrected chi connectivity index (χ3v) is 4.89. The van der Waals surface area contributed by atoms with E-state index < -0.39 is 14.8 Å². The molecule has 1 N–H and O–H groups in total. The van der Waals surface area contributed by atoms with Crippen molar-refractivity contribution in [2.75, 3.05) is 12.8 Å². The minimum atomic E-state index is -3.44. The molecular formula is C14H20N2O4S. The number of nitro groups is 1. The van der Waals surface area contributed by atoms with Crippen LogP contribution in [-0.2, 0) is 16.3 Å². The van der Waals surface area contributed by atoms with Gasteiger partial charge in [0.25, 0.3) is 5.69 Å². The van der Waals surface area contributed by atoms with Crippen molar-refractivity contribution in [1.29, 1.82) is 0 Å². The number of sulfone groups is 1. The molecule has 1 unspecified atom stereocenters. The first kappa shape index (κ1) is 15.9. The van der Waals surface area contributed by atoms with Crippen molar-refractivity contribution in [1.82, 2.24) is 5.32 Å². The van der Waals surface area contributed by atoms with Crippen LogP contribution in [0, 0.1) is 16.0 Å². The Morgan fingerprint density at radius 2 is 2.10 bits per heavy atom. The van der Waals surface area contributed by atoms with Gasteiger partial charge in [-0.15, -0.1) is 0 Å². The summed E-state index contributed by atoms with van der Waals surface area (Å²) in [4.78, 5) is 10.7. The van der Waals surface area contributed by atoms with Crippen LogP contribution in [0.3, 0.4) is 0 Å². The molecule has 0 amide bonds. The number of nitrogens with zero attached hydrogens (tertiary/aromatic N) is 1. The predicted molar refractivity (Wildman–Crippen MR) is 80.1 cm³/mol. The molecule has 6 nitrogen and oxygen atoms in total. The minimum absolute atomic E-state index is 0.00984. The van der Waals surface area contributed by atoms with Gasteiger partial charge in [0.05, 0.1) is 9.82 Å². The van der Waals surface area contributed by atoms with Crippen molar-refractivity contribution >= 4 is 15.5 Å². The zero-order valence-electron chi connectivity index (χ0n) is 12.2. The summed E-state index contributed by atoms with van der Waals surface area (Å²) in [5, 5.41) is 14.6. The summed E-state index contributed by atoms with van der Waals surface area (Å²) in [6.45, 7) is 2.83. The van der Waals surface area contributed by atoms with Gasteiger partial charge in [-0.1, -0.05) is 13.0 Å². The van der Waals surface area contributed by atoms with Gasteiger partial charge in [-0.3, -0.25) is 10.1 Å². The van der Waals surface area contributed by atoms with E-state index in [0.717, 1.165) is 25.6 Å². The molecule has 1 aromatic carbocycles. The monoisotopic (exact) mass is 312 g/mol. The molecule has 0 aliphatic heterocycles. The van der Waals surface area contributed by atoms with Crippen LogP contribution in [-0.4, -0.2) is 32.2 Å². The molecule has 7 heteroatoms. The molecule has 0 heterocycles. The fourth-order valence-electron chi connectivity index (χ4n) is 2.52. The van der Waals surface area contributed by atoms with E-state index in [2.05, 4.69) is 5.32 Å². The standard InChI is InChI=1S/C14H20N2O4S/c1-3-15-13(10-4-5-10)8-11-6-7-12(21(2,19)20)9-14(11)16(17)18/h6-7,9-10,13,15H,3-5,8H2,1-2H3. The predicted octanol–water partition coefficient (Wildman–Crippen LogP) is 1.93. The molecule has 0 bridgehead atoms. The van der Waals surface area contributed by atoms with Crippen LogP contribution in [0.5, 0.6) is 0 Å². The molecule has 0 radical (unpaired) electrons. The summed E-state index contributed by atoms with van der Waals surface area (Å²) in [6.07, 6.45) is 3.90. The summed E-state index contributed by atoms with van der Waals surface area (Å²) in [6, 6.07) is 4.41. The molecule has 21 heavy (non-hydrogen) atoms. The van der Waals surface area contributed by atoms with Gasteiger partial charge < -0.3 is 5.32 Å². The van der Waals surface area contributed by atoms with E-state index in [1.165, 1.54) is 12.1 Å². The van der Waals surface area contributed by atoms with E-state index >= 15 is 0 Å². The van der Waals surface area contributed by atoms with Crippen LogP contribution in [0.2, 0.25) is 0 Å². The number of hydrogen-bond donors (Lipinski definition) is 1. The lowest BCUT2D eigenvalue weighted by Crippen LogP contribution is -2.33. The van der Waals surface area contributed by atoms with Crippen molar-refractivity contribution in [3.05, 3.63) is 33.9 Å². The van der Waals surface area contributed by atoms with Gasteiger partial charge in [0, 0.05) is 23.9 Å². The molecule has 1 aromatic rings. The van der Waals surface area contributed by atoms with Crippen LogP contribution in [0.1, 0.15) is 25.3 Å². The van der Waals surface area contributed by atoms with Gasteiger partial charge in [0.2, 0.25) is 0 Å². The van der Waals surface area contributed by atoms with Crippen LogP contribution in [0.15, 0.2) is 23.1 Å². The summed E-state index contributed by atoms with van der Waals surface area (Å²) in [5.74, 6) is 0.569. The highest BCUT2D eigenvalue weighted by Gasteiger charge is 2.32. The summed E-state index contributed by atoms with van der Waals surface area (Å²) in [7, 11) is -3.44. The number of benzene rings is 1. The maximum atomic E-state index is 11.5. The zero-order valence-corrected chi connectivity index (χ0v) is 13.0. The first-order valence-corrected chi connectivity index (χ1v) is 8.92. The second-order valence-corrected chi connectivity index (χ2v) is 7.54. The number of nitrogens with one attached hydrogen (secondary N) is 1. The SMILES string of the molecule is CCNC(Cc1ccc(S(C)(=O)=O)cc1[N+](=O)[O-])C1CC1. The van der Waals surface area contributed by atoms with E-state index in [0.29, 0.717) is 17.9 Å². The number of hydrogen-bond acceptors (Lipinski definition) is 5. The topological polar surface area (TPSA) is 89.3 Å². The first-order chi connectivity index (χ1) is 9.82. The third-order valence-electron chi connectivity index (χ3n) is 3.78. The largest absolute Gasteiger partial charge is 0.314 e. The van der Waals surface area contributed by atoms with E-state index in [1.807, 2.05) is 6.92 Å². The lowest BCUT2D eigenvalue weighted by molar-refractivity contribution is -0.385. The fraction of sp³-hybridized carbons (Fsp3) is 0.571. The Morgan fingerprint density at radius 3 is 2.57 bits per heavy atom. The van der Waals surface area contributed by atoms with Crippen molar-refractivity contribution in [3.8, 4) is 0 Å². The van der Waals surface area contributed by atoms with E-state index in [-0.39, 0.29) is 16.6 Å². The number of nitro benzene ring substituents is 1. The maximum absolute atomic E-state index is 11.5. The second kappa shape index (κ2) is 6.11. The highest BCUT2D eigenvalue weighted by Crippen LogP contribution is 2.35. The molecule has 0 saturated heterocycles. The van der Waals surface area contributed by atoms with Crippen molar-refractivity contribution in [3.63, 3.8) is 0 Å². The van der Waals surface area contributed by atoms with Crippen LogP contribution < -0.4 is 5.32 Å². The third kappa shape index (κ3) is 4.01. The van der Waals surface area contributed by atoms with Gasteiger partial charge in [0.1, 0.15) is 0 Å². The Bertz CT molecular complexity index is 638. The molecule has 1 atom stereocenters. The van der Waals surface area contributed by atoms with Crippen molar-refractivity contribution < 1.29 is 13.3 Å². The summed E-state index contributed by atoms with van der Waals surface area (Å²) >= 11 is 0. The fourth-order valence-corrected chi connectivity index (χ4v) is 3.16. The molecule has 1 saturated carbocycles. The lowest BCUT2D eigenvalue weighted by Gasteiger charge is -2.17. The van der Waals surface area contributed by atoms with Gasteiger partial charge in [-0.25, -0.2) is 8.42 Å². The van der Waals surface area contributed by atoms with Crippen LogP contribution in [0.25, 0.3) is 0 Å².